The van der Waals surface area contributed by atoms with Crippen LogP contribution in [-0.2, 0) is 4.74 Å². The topological polar surface area (TPSA) is 98.4 Å². The van der Waals surface area contributed by atoms with Crippen LogP contribution in [0.15, 0.2) is 58.5 Å². The highest BCUT2D eigenvalue weighted by Gasteiger charge is 2.22. The molecule has 0 saturated carbocycles. The van der Waals surface area contributed by atoms with Gasteiger partial charge in [-0.1, -0.05) is 35.0 Å². The molecule has 2 aromatic carbocycles. The number of ether oxygens (including phenoxy) is 1. The van der Waals surface area contributed by atoms with E-state index in [1.165, 1.54) is 11.8 Å². The number of hydrogen-bond acceptors (Lipinski definition) is 8. The molecule has 4 aromatic rings. The van der Waals surface area contributed by atoms with E-state index in [0.29, 0.717) is 45.7 Å². The minimum absolute atomic E-state index is 0.231. The molecule has 0 radical (unpaired) electrons. The third-order valence-corrected chi connectivity index (χ3v) is 9.13. The lowest BCUT2D eigenvalue weighted by atomic mass is 10.1. The zero-order chi connectivity index (χ0) is 28.3. The van der Waals surface area contributed by atoms with Crippen LogP contribution in [0.5, 0.6) is 0 Å². The summed E-state index contributed by atoms with van der Waals surface area (Å²) < 4.78 is 5.55. The molecule has 0 aliphatic carbocycles. The fraction of sp³-hybridized carbons (Fsp3) is 0.345. The van der Waals surface area contributed by atoms with Crippen molar-refractivity contribution < 1.29 is 9.53 Å². The first kappa shape index (κ1) is 28.1. The molecule has 3 N–H and O–H groups in total. The van der Waals surface area contributed by atoms with Crippen LogP contribution in [0, 0.1) is 0 Å². The van der Waals surface area contributed by atoms with Gasteiger partial charge in [0, 0.05) is 77.8 Å². The fourth-order valence-electron chi connectivity index (χ4n) is 5.07. The van der Waals surface area contributed by atoms with Crippen LogP contribution in [-0.4, -0.2) is 78.5 Å². The summed E-state index contributed by atoms with van der Waals surface area (Å²) in [6, 6.07) is 13.6. The number of nitrogens with one attached hydrogen (secondary N) is 3. The molecule has 4 heterocycles. The SMILES string of the molecule is CN1CCN(c2ccc(C(=O)Nc3[nH]nc4ncc(Sc5cc(Cl)ccc5Cl)cc34)c(NC3CCOCC3)c2)CC1. The molecule has 2 fully saturated rings. The lowest BCUT2D eigenvalue weighted by molar-refractivity contribution is 0.0904. The van der Waals surface area contributed by atoms with Crippen LogP contribution < -0.4 is 15.5 Å². The van der Waals surface area contributed by atoms with Gasteiger partial charge in [0.1, 0.15) is 5.82 Å². The van der Waals surface area contributed by atoms with Gasteiger partial charge in [-0.15, -0.1) is 0 Å². The molecule has 214 valence electrons. The molecule has 12 heteroatoms. The number of fused-ring (bicyclic) bond motifs is 1. The van der Waals surface area contributed by atoms with Crippen LogP contribution in [0.3, 0.4) is 0 Å². The minimum Gasteiger partial charge on any atom is -0.381 e. The van der Waals surface area contributed by atoms with Crippen molar-refractivity contribution in [3.63, 3.8) is 0 Å². The molecular formula is C29H31Cl2N7O2S. The van der Waals surface area contributed by atoms with Crippen LogP contribution >= 0.6 is 35.0 Å². The predicted molar refractivity (Wildman–Crippen MR) is 166 cm³/mol. The number of piperazine rings is 1. The van der Waals surface area contributed by atoms with Crippen molar-refractivity contribution in [2.45, 2.75) is 28.7 Å². The van der Waals surface area contributed by atoms with Gasteiger partial charge < -0.3 is 25.2 Å². The van der Waals surface area contributed by atoms with Crippen molar-refractivity contribution in [2.75, 3.05) is 62.0 Å². The van der Waals surface area contributed by atoms with Gasteiger partial charge in [-0.3, -0.25) is 9.89 Å². The van der Waals surface area contributed by atoms with Crippen LogP contribution in [0.4, 0.5) is 17.2 Å². The Hall–Kier alpha value is -3.02. The van der Waals surface area contributed by atoms with Crippen molar-refractivity contribution in [1.29, 1.82) is 0 Å². The molecule has 0 spiro atoms. The summed E-state index contributed by atoms with van der Waals surface area (Å²) in [5, 5.41) is 15.8. The predicted octanol–water partition coefficient (Wildman–Crippen LogP) is 6.01. The van der Waals surface area contributed by atoms with Gasteiger partial charge in [-0.05, 0) is 62.4 Å². The van der Waals surface area contributed by atoms with Gasteiger partial charge in [0.2, 0.25) is 0 Å². The number of rotatable bonds is 7. The Morgan fingerprint density at radius 3 is 2.68 bits per heavy atom. The molecule has 2 aliphatic rings. The van der Waals surface area contributed by atoms with Crippen molar-refractivity contribution in [3.8, 4) is 0 Å². The molecule has 0 atom stereocenters. The highest BCUT2D eigenvalue weighted by Crippen LogP contribution is 2.36. The normalized spacial score (nSPS) is 16.7. The monoisotopic (exact) mass is 611 g/mol. The second-order valence-electron chi connectivity index (χ2n) is 10.3. The van der Waals surface area contributed by atoms with Crippen LogP contribution in [0.2, 0.25) is 10.0 Å². The highest BCUT2D eigenvalue weighted by atomic mass is 35.5. The van der Waals surface area contributed by atoms with E-state index >= 15 is 0 Å². The lowest BCUT2D eigenvalue weighted by Gasteiger charge is -2.34. The Labute approximate surface area is 252 Å². The Kier molecular flexibility index (Phi) is 8.55. The number of halogens is 2. The molecule has 6 rings (SSSR count). The number of aromatic amines is 1. The van der Waals surface area contributed by atoms with E-state index in [1.54, 1.807) is 18.3 Å². The first-order chi connectivity index (χ1) is 19.9. The first-order valence-corrected chi connectivity index (χ1v) is 15.2. The zero-order valence-electron chi connectivity index (χ0n) is 22.6. The van der Waals surface area contributed by atoms with Crippen LogP contribution in [0.25, 0.3) is 11.0 Å². The number of likely N-dealkylation sites (N-methyl/N-ethyl adjacent to an activating group) is 1. The third kappa shape index (κ3) is 6.57. The molecular weight excluding hydrogens is 581 g/mol. The van der Waals surface area contributed by atoms with Gasteiger partial charge in [-0.2, -0.15) is 5.10 Å². The van der Waals surface area contributed by atoms with E-state index in [2.05, 4.69) is 48.7 Å². The minimum atomic E-state index is -0.231. The van der Waals surface area contributed by atoms with Gasteiger partial charge in [0.05, 0.1) is 16.0 Å². The summed E-state index contributed by atoms with van der Waals surface area (Å²) in [5.41, 5.74) is 3.01. The number of aromatic nitrogens is 3. The van der Waals surface area contributed by atoms with Gasteiger partial charge in [-0.25, -0.2) is 4.98 Å². The maximum atomic E-state index is 13.7. The number of amides is 1. The number of anilines is 3. The Morgan fingerprint density at radius 2 is 1.88 bits per heavy atom. The average Bonchev–Trinajstić information content (AvgIpc) is 3.37. The molecule has 9 nitrogen and oxygen atoms in total. The molecule has 41 heavy (non-hydrogen) atoms. The largest absolute Gasteiger partial charge is 0.381 e. The van der Waals surface area contributed by atoms with Crippen molar-refractivity contribution in [2.24, 2.45) is 0 Å². The fourth-order valence-corrected chi connectivity index (χ4v) is 6.43. The maximum absolute atomic E-state index is 13.7. The van der Waals surface area contributed by atoms with Gasteiger partial charge in [0.15, 0.2) is 5.65 Å². The molecule has 2 aromatic heterocycles. The van der Waals surface area contributed by atoms with E-state index in [0.717, 1.165) is 60.2 Å². The second-order valence-corrected chi connectivity index (χ2v) is 12.3. The summed E-state index contributed by atoms with van der Waals surface area (Å²) in [6.07, 6.45) is 3.52. The number of nitrogens with zero attached hydrogens (tertiary/aromatic N) is 4. The summed E-state index contributed by atoms with van der Waals surface area (Å²) in [7, 11) is 2.14. The van der Waals surface area contributed by atoms with Crippen molar-refractivity contribution >= 4 is 69.1 Å². The maximum Gasteiger partial charge on any atom is 0.258 e. The van der Waals surface area contributed by atoms with Crippen molar-refractivity contribution in [1.82, 2.24) is 20.1 Å². The van der Waals surface area contributed by atoms with E-state index in [4.69, 9.17) is 27.9 Å². The quantitative estimate of drug-likeness (QED) is 0.234. The molecule has 2 saturated heterocycles. The van der Waals surface area contributed by atoms with Gasteiger partial charge in [0.25, 0.3) is 5.91 Å². The van der Waals surface area contributed by atoms with E-state index < -0.39 is 0 Å². The number of hydrogen-bond donors (Lipinski definition) is 3. The highest BCUT2D eigenvalue weighted by molar-refractivity contribution is 7.99. The number of carbonyl (C=O) groups is 1. The van der Waals surface area contributed by atoms with E-state index in [9.17, 15) is 4.79 Å². The lowest BCUT2D eigenvalue weighted by Crippen LogP contribution is -2.44. The summed E-state index contributed by atoms with van der Waals surface area (Å²) in [5.74, 6) is 0.253. The molecule has 2 aliphatic heterocycles. The van der Waals surface area contributed by atoms with E-state index in [-0.39, 0.29) is 11.9 Å². The van der Waals surface area contributed by atoms with Crippen LogP contribution in [0.1, 0.15) is 23.2 Å². The first-order valence-electron chi connectivity index (χ1n) is 13.6. The Morgan fingerprint density at radius 1 is 1.07 bits per heavy atom. The van der Waals surface area contributed by atoms with Crippen molar-refractivity contribution in [3.05, 3.63) is 64.3 Å². The molecule has 0 unspecified atom stereocenters. The second kappa shape index (κ2) is 12.5. The third-order valence-electron chi connectivity index (χ3n) is 7.44. The Bertz CT molecular complexity index is 1550. The number of pyridine rings is 1. The smallest absolute Gasteiger partial charge is 0.258 e. The number of benzene rings is 2. The number of carbonyl (C=O) groups excluding carboxylic acids is 1. The molecule has 0 bridgehead atoms. The standard InChI is InChI=1S/C29H31Cl2N7O2S/c1-37-8-10-38(11-9-37)20-3-4-22(25(15-20)33-19-6-12-40-13-7-19)29(39)34-28-23-16-21(17-32-27(23)35-36-28)41-26-14-18(30)2-5-24(26)31/h2-5,14-17,19,33H,6-13H2,1H3,(H2,32,34,35,36,39). The zero-order valence-corrected chi connectivity index (χ0v) is 25.0. The number of H-pyrrole nitrogens is 1. The summed E-state index contributed by atoms with van der Waals surface area (Å²) in [4.78, 5) is 24.5. The average molecular weight is 613 g/mol. The van der Waals surface area contributed by atoms with Gasteiger partial charge >= 0.3 is 0 Å². The summed E-state index contributed by atoms with van der Waals surface area (Å²) >= 11 is 14.0. The van der Waals surface area contributed by atoms with E-state index in [1.807, 2.05) is 24.3 Å². The summed E-state index contributed by atoms with van der Waals surface area (Å²) in [6.45, 7) is 5.35. The Balaban J connectivity index is 1.26. The molecule has 1 amide bonds.